The van der Waals surface area contributed by atoms with Crippen molar-refractivity contribution in [3.8, 4) is 6.07 Å². The molecule has 112 valence electrons. The number of piperidine rings is 1. The van der Waals surface area contributed by atoms with Crippen molar-refractivity contribution >= 4 is 11.6 Å². The molecule has 1 unspecified atom stereocenters. The lowest BCUT2D eigenvalue weighted by molar-refractivity contribution is -0.126. The highest BCUT2D eigenvalue weighted by Crippen LogP contribution is 2.23. The van der Waals surface area contributed by atoms with Crippen molar-refractivity contribution in [3.05, 3.63) is 24.0 Å². The van der Waals surface area contributed by atoms with Gasteiger partial charge in [-0.05, 0) is 45.7 Å². The molecule has 1 fully saturated rings. The molecular formula is C16H22N4O. The van der Waals surface area contributed by atoms with Crippen LogP contribution in [0.1, 0.15) is 39.3 Å². The van der Waals surface area contributed by atoms with Gasteiger partial charge in [0.15, 0.2) is 0 Å². The van der Waals surface area contributed by atoms with Crippen LogP contribution in [-0.4, -0.2) is 29.5 Å². The summed E-state index contributed by atoms with van der Waals surface area (Å²) in [6, 6.07) is 5.63. The minimum absolute atomic E-state index is 0.00798. The van der Waals surface area contributed by atoms with Crippen molar-refractivity contribution in [2.45, 2.75) is 39.2 Å². The number of rotatable bonds is 2. The summed E-state index contributed by atoms with van der Waals surface area (Å²) in [5, 5.41) is 11.8. The molecule has 0 spiro atoms. The van der Waals surface area contributed by atoms with Crippen LogP contribution in [-0.2, 0) is 4.79 Å². The van der Waals surface area contributed by atoms with Crippen molar-refractivity contribution in [1.82, 2.24) is 10.3 Å². The van der Waals surface area contributed by atoms with Gasteiger partial charge in [0.25, 0.3) is 0 Å². The summed E-state index contributed by atoms with van der Waals surface area (Å²) in [4.78, 5) is 18.6. The number of aromatic nitrogens is 1. The molecule has 1 saturated heterocycles. The van der Waals surface area contributed by atoms with Crippen LogP contribution in [0.5, 0.6) is 0 Å². The third kappa shape index (κ3) is 4.19. The minimum Gasteiger partial charge on any atom is -0.369 e. The quantitative estimate of drug-likeness (QED) is 0.903. The molecule has 2 heterocycles. The zero-order valence-corrected chi connectivity index (χ0v) is 12.9. The van der Waals surface area contributed by atoms with Crippen molar-refractivity contribution in [2.75, 3.05) is 18.0 Å². The highest BCUT2D eigenvalue weighted by atomic mass is 16.2. The average molecular weight is 286 g/mol. The van der Waals surface area contributed by atoms with E-state index in [-0.39, 0.29) is 17.4 Å². The monoisotopic (exact) mass is 286 g/mol. The van der Waals surface area contributed by atoms with E-state index in [1.165, 1.54) is 0 Å². The molecule has 0 bridgehead atoms. The fourth-order valence-electron chi connectivity index (χ4n) is 2.54. The van der Waals surface area contributed by atoms with Crippen molar-refractivity contribution < 1.29 is 4.79 Å². The second-order valence-electron chi connectivity index (χ2n) is 6.54. The predicted octanol–water partition coefficient (Wildman–Crippen LogP) is 2.08. The van der Waals surface area contributed by atoms with E-state index in [1.54, 1.807) is 12.3 Å². The molecule has 1 aliphatic rings. The van der Waals surface area contributed by atoms with Gasteiger partial charge in [0.2, 0.25) is 5.91 Å². The van der Waals surface area contributed by atoms with Gasteiger partial charge >= 0.3 is 0 Å². The normalized spacial score (nSPS) is 19.0. The Morgan fingerprint density at radius 3 is 2.81 bits per heavy atom. The SMILES string of the molecule is CC(C)(C)NC(=O)C1CCCN(c2ccc(C#N)nc2)C1. The predicted molar refractivity (Wildman–Crippen MR) is 81.8 cm³/mol. The number of nitriles is 1. The molecule has 1 atom stereocenters. The third-order valence-corrected chi connectivity index (χ3v) is 3.52. The summed E-state index contributed by atoms with van der Waals surface area (Å²) in [6.07, 6.45) is 3.62. The van der Waals surface area contributed by atoms with Crippen LogP contribution in [0.2, 0.25) is 0 Å². The van der Waals surface area contributed by atoms with Gasteiger partial charge in [-0.25, -0.2) is 4.98 Å². The van der Waals surface area contributed by atoms with Crippen LogP contribution in [0.15, 0.2) is 18.3 Å². The third-order valence-electron chi connectivity index (χ3n) is 3.52. The summed E-state index contributed by atoms with van der Waals surface area (Å²) in [5.41, 5.74) is 1.19. The van der Waals surface area contributed by atoms with E-state index < -0.39 is 0 Å². The van der Waals surface area contributed by atoms with Gasteiger partial charge in [0.05, 0.1) is 17.8 Å². The fraction of sp³-hybridized carbons (Fsp3) is 0.562. The lowest BCUT2D eigenvalue weighted by atomic mass is 9.95. The molecule has 21 heavy (non-hydrogen) atoms. The molecule has 1 aromatic rings. The van der Waals surface area contributed by atoms with Gasteiger partial charge in [-0.1, -0.05) is 0 Å². The first kappa shape index (κ1) is 15.3. The van der Waals surface area contributed by atoms with E-state index in [0.29, 0.717) is 12.2 Å². The van der Waals surface area contributed by atoms with Crippen molar-refractivity contribution in [2.24, 2.45) is 5.92 Å². The van der Waals surface area contributed by atoms with E-state index in [4.69, 9.17) is 5.26 Å². The van der Waals surface area contributed by atoms with Gasteiger partial charge in [-0.2, -0.15) is 5.26 Å². The Morgan fingerprint density at radius 2 is 2.24 bits per heavy atom. The van der Waals surface area contributed by atoms with Crippen molar-refractivity contribution in [3.63, 3.8) is 0 Å². The molecule has 0 radical (unpaired) electrons. The van der Waals surface area contributed by atoms with E-state index in [0.717, 1.165) is 25.1 Å². The highest BCUT2D eigenvalue weighted by Gasteiger charge is 2.28. The number of nitrogens with one attached hydrogen (secondary N) is 1. The summed E-state index contributed by atoms with van der Waals surface area (Å²) < 4.78 is 0. The van der Waals surface area contributed by atoms with Crippen LogP contribution in [0, 0.1) is 17.2 Å². The lowest BCUT2D eigenvalue weighted by Crippen LogP contribution is -2.48. The smallest absolute Gasteiger partial charge is 0.225 e. The van der Waals surface area contributed by atoms with Gasteiger partial charge in [0.1, 0.15) is 11.8 Å². The van der Waals surface area contributed by atoms with Gasteiger partial charge in [0, 0.05) is 18.6 Å². The van der Waals surface area contributed by atoms with Gasteiger partial charge in [-0.15, -0.1) is 0 Å². The van der Waals surface area contributed by atoms with Crippen LogP contribution < -0.4 is 10.2 Å². The fourth-order valence-corrected chi connectivity index (χ4v) is 2.54. The van der Waals surface area contributed by atoms with Crippen LogP contribution in [0.4, 0.5) is 5.69 Å². The zero-order valence-electron chi connectivity index (χ0n) is 12.9. The Kier molecular flexibility index (Phi) is 4.46. The van der Waals surface area contributed by atoms with E-state index in [2.05, 4.69) is 15.2 Å². The number of carbonyl (C=O) groups is 1. The molecule has 5 heteroatoms. The number of pyridine rings is 1. The molecule has 1 aromatic heterocycles. The summed E-state index contributed by atoms with van der Waals surface area (Å²) in [6.45, 7) is 7.62. The molecule has 1 aliphatic heterocycles. The molecule has 0 aliphatic carbocycles. The molecule has 1 amide bonds. The first-order chi connectivity index (χ1) is 9.89. The van der Waals surface area contributed by atoms with Crippen LogP contribution in [0.3, 0.4) is 0 Å². The maximum atomic E-state index is 12.3. The Bertz CT molecular complexity index is 539. The largest absolute Gasteiger partial charge is 0.369 e. The van der Waals surface area contributed by atoms with Crippen molar-refractivity contribution in [1.29, 1.82) is 5.26 Å². The number of amides is 1. The number of anilines is 1. The first-order valence-corrected chi connectivity index (χ1v) is 7.32. The Hall–Kier alpha value is -2.09. The molecule has 0 saturated carbocycles. The van der Waals surface area contributed by atoms with Crippen LogP contribution >= 0.6 is 0 Å². The number of nitrogens with zero attached hydrogens (tertiary/aromatic N) is 3. The Balaban J connectivity index is 2.03. The molecular weight excluding hydrogens is 264 g/mol. The molecule has 0 aromatic carbocycles. The maximum absolute atomic E-state index is 12.3. The zero-order chi connectivity index (χ0) is 15.5. The molecule has 2 rings (SSSR count). The highest BCUT2D eigenvalue weighted by molar-refractivity contribution is 5.80. The van der Waals surface area contributed by atoms with Crippen LogP contribution in [0.25, 0.3) is 0 Å². The average Bonchev–Trinajstić information content (AvgIpc) is 2.46. The number of hydrogen-bond donors (Lipinski definition) is 1. The number of carbonyl (C=O) groups excluding carboxylic acids is 1. The molecule has 5 nitrogen and oxygen atoms in total. The van der Waals surface area contributed by atoms with Gasteiger partial charge < -0.3 is 10.2 Å². The van der Waals surface area contributed by atoms with E-state index in [1.807, 2.05) is 32.9 Å². The van der Waals surface area contributed by atoms with E-state index in [9.17, 15) is 4.79 Å². The summed E-state index contributed by atoms with van der Waals surface area (Å²) in [7, 11) is 0. The lowest BCUT2D eigenvalue weighted by Gasteiger charge is -2.35. The Morgan fingerprint density at radius 1 is 1.48 bits per heavy atom. The maximum Gasteiger partial charge on any atom is 0.225 e. The second-order valence-corrected chi connectivity index (χ2v) is 6.54. The van der Waals surface area contributed by atoms with Gasteiger partial charge in [-0.3, -0.25) is 4.79 Å². The van der Waals surface area contributed by atoms with E-state index >= 15 is 0 Å². The molecule has 1 N–H and O–H groups in total. The summed E-state index contributed by atoms with van der Waals surface area (Å²) in [5.74, 6) is 0.127. The standard InChI is InChI=1S/C16H22N4O/c1-16(2,3)19-15(21)12-5-4-8-20(11-12)14-7-6-13(9-17)18-10-14/h6-7,10,12H,4-5,8,11H2,1-3H3,(H,19,21). The number of hydrogen-bond acceptors (Lipinski definition) is 4. The first-order valence-electron chi connectivity index (χ1n) is 7.32. The summed E-state index contributed by atoms with van der Waals surface area (Å²) >= 11 is 0. The minimum atomic E-state index is -0.199. The topological polar surface area (TPSA) is 69.0 Å². The second kappa shape index (κ2) is 6.13. The Labute approximate surface area is 126 Å².